The number of benzene rings is 1. The second kappa shape index (κ2) is 8.10. The number of rotatable bonds is 5. The Morgan fingerprint density at radius 1 is 1.24 bits per heavy atom. The minimum atomic E-state index is -0.382. The number of hydrogen-bond donors (Lipinski definition) is 1. The monoisotopic (exact) mass is 422 g/mol. The molecule has 0 unspecified atom stereocenters. The van der Waals surface area contributed by atoms with Gasteiger partial charge in [0.1, 0.15) is 11.4 Å². The van der Waals surface area contributed by atoms with Crippen LogP contribution in [0.3, 0.4) is 0 Å². The molecule has 0 fully saturated rings. The van der Waals surface area contributed by atoms with Crippen molar-refractivity contribution in [1.82, 2.24) is 15.0 Å². The molecule has 0 atom stereocenters. The summed E-state index contributed by atoms with van der Waals surface area (Å²) in [6.07, 6.45) is 3.03. The van der Waals surface area contributed by atoms with Crippen molar-refractivity contribution in [2.24, 2.45) is 5.10 Å². The zero-order valence-corrected chi connectivity index (χ0v) is 17.5. The highest BCUT2D eigenvalue weighted by Gasteiger charge is 2.17. The quantitative estimate of drug-likeness (QED) is 0.391. The summed E-state index contributed by atoms with van der Waals surface area (Å²) >= 11 is 3.03. The van der Waals surface area contributed by atoms with Gasteiger partial charge in [-0.15, -0.1) is 22.7 Å². The summed E-state index contributed by atoms with van der Waals surface area (Å²) in [5, 5.41) is 6.50. The third kappa shape index (κ3) is 3.90. The number of hydrazone groups is 1. The Balaban J connectivity index is 1.61. The highest BCUT2D eigenvalue weighted by atomic mass is 32.1. The van der Waals surface area contributed by atoms with Crippen LogP contribution >= 0.6 is 22.7 Å². The molecule has 0 bridgehead atoms. The normalized spacial score (nSPS) is 11.4. The lowest BCUT2D eigenvalue weighted by Crippen LogP contribution is -2.30. The Kier molecular flexibility index (Phi) is 5.37. The van der Waals surface area contributed by atoms with Crippen molar-refractivity contribution in [2.75, 3.05) is 0 Å². The fourth-order valence-electron chi connectivity index (χ4n) is 3.07. The molecule has 146 valence electrons. The highest BCUT2D eigenvalue weighted by Crippen LogP contribution is 2.35. The maximum atomic E-state index is 13.1. The third-order valence-corrected chi connectivity index (χ3v) is 6.47. The van der Waals surface area contributed by atoms with E-state index >= 15 is 0 Å². The average Bonchev–Trinajstić information content (AvgIpc) is 3.27. The predicted octanol–water partition coefficient (Wildman–Crippen LogP) is 3.95. The summed E-state index contributed by atoms with van der Waals surface area (Å²) in [4.78, 5) is 32.4. The largest absolute Gasteiger partial charge is 0.289 e. The Morgan fingerprint density at radius 2 is 2.03 bits per heavy atom. The molecule has 3 heterocycles. The lowest BCUT2D eigenvalue weighted by atomic mass is 10.0. The first kappa shape index (κ1) is 19.2. The lowest BCUT2D eigenvalue weighted by Gasteiger charge is -2.06. The van der Waals surface area contributed by atoms with Gasteiger partial charge in [0, 0.05) is 15.3 Å². The molecule has 1 aromatic carbocycles. The Morgan fingerprint density at radius 3 is 2.76 bits per heavy atom. The highest BCUT2D eigenvalue weighted by molar-refractivity contribution is 7.19. The molecule has 0 aliphatic carbocycles. The number of aryl methyl sites for hydroxylation is 2. The molecule has 3 aromatic heterocycles. The topological polar surface area (TPSA) is 76.3 Å². The first-order chi connectivity index (χ1) is 14.0. The number of thiophene rings is 2. The minimum absolute atomic E-state index is 0.147. The van der Waals surface area contributed by atoms with Gasteiger partial charge in [-0.2, -0.15) is 5.10 Å². The molecule has 0 radical (unpaired) electrons. The van der Waals surface area contributed by atoms with Gasteiger partial charge in [0.15, 0.2) is 0 Å². The summed E-state index contributed by atoms with van der Waals surface area (Å²) in [6, 6.07) is 11.7. The van der Waals surface area contributed by atoms with Gasteiger partial charge in [0.2, 0.25) is 0 Å². The lowest BCUT2D eigenvalue weighted by molar-refractivity contribution is -0.121. The van der Waals surface area contributed by atoms with Crippen LogP contribution < -0.4 is 11.0 Å². The van der Waals surface area contributed by atoms with E-state index in [0.717, 1.165) is 26.4 Å². The van der Waals surface area contributed by atoms with Crippen molar-refractivity contribution in [3.63, 3.8) is 0 Å². The molecular formula is C21H18N4O2S2. The molecule has 0 spiro atoms. The van der Waals surface area contributed by atoms with E-state index < -0.39 is 0 Å². The van der Waals surface area contributed by atoms with Crippen LogP contribution in [0.15, 0.2) is 58.0 Å². The van der Waals surface area contributed by atoms with Crippen LogP contribution in [-0.2, 0) is 11.3 Å². The Labute approximate surface area is 175 Å². The number of aromatic nitrogens is 2. The first-order valence-corrected chi connectivity index (χ1v) is 10.6. The van der Waals surface area contributed by atoms with Crippen molar-refractivity contribution >= 4 is 45.0 Å². The average molecular weight is 423 g/mol. The van der Waals surface area contributed by atoms with E-state index in [4.69, 9.17) is 0 Å². The Bertz CT molecular complexity index is 1270. The molecule has 0 saturated heterocycles. The number of nitrogens with one attached hydrogen (secondary N) is 1. The van der Waals surface area contributed by atoms with E-state index in [9.17, 15) is 9.59 Å². The van der Waals surface area contributed by atoms with Crippen LogP contribution in [0.4, 0.5) is 0 Å². The molecule has 1 amide bonds. The second-order valence-corrected chi connectivity index (χ2v) is 8.67. The predicted molar refractivity (Wildman–Crippen MR) is 119 cm³/mol. The fourth-order valence-corrected chi connectivity index (χ4v) is 4.86. The number of carbonyl (C=O) groups is 1. The summed E-state index contributed by atoms with van der Waals surface area (Å²) in [6.45, 7) is 3.81. The number of hydrogen-bond acceptors (Lipinski definition) is 6. The maximum absolute atomic E-state index is 13.1. The smallest absolute Gasteiger partial charge is 0.263 e. The third-order valence-electron chi connectivity index (χ3n) is 4.50. The van der Waals surface area contributed by atoms with Crippen molar-refractivity contribution in [3.8, 4) is 11.1 Å². The summed E-state index contributed by atoms with van der Waals surface area (Å²) in [5.74, 6) is -0.382. The molecule has 0 aliphatic rings. The van der Waals surface area contributed by atoms with E-state index in [1.807, 2.05) is 55.6 Å². The molecule has 0 saturated carbocycles. The molecule has 0 aliphatic heterocycles. The van der Waals surface area contributed by atoms with E-state index in [2.05, 4.69) is 15.5 Å². The Hall–Kier alpha value is -3.10. The fraction of sp³-hybridized carbons (Fsp3) is 0.143. The SMILES string of the molecule is Cc1ccsc1C=NNC(=O)Cn1cnc2sc(C)c(-c3ccccc3)c2c1=O. The maximum Gasteiger partial charge on any atom is 0.263 e. The minimum Gasteiger partial charge on any atom is -0.289 e. The number of amides is 1. The van der Waals surface area contributed by atoms with Crippen LogP contribution in [-0.4, -0.2) is 21.7 Å². The van der Waals surface area contributed by atoms with E-state index in [1.54, 1.807) is 17.6 Å². The van der Waals surface area contributed by atoms with Gasteiger partial charge in [-0.1, -0.05) is 30.3 Å². The van der Waals surface area contributed by atoms with Gasteiger partial charge >= 0.3 is 0 Å². The van der Waals surface area contributed by atoms with Crippen LogP contribution in [0.5, 0.6) is 0 Å². The number of carbonyl (C=O) groups excluding carboxylic acids is 1. The van der Waals surface area contributed by atoms with E-state index in [-0.39, 0.29) is 18.0 Å². The molecular weight excluding hydrogens is 404 g/mol. The molecule has 4 aromatic rings. The van der Waals surface area contributed by atoms with Crippen LogP contribution in [0, 0.1) is 13.8 Å². The van der Waals surface area contributed by atoms with Crippen LogP contribution in [0.1, 0.15) is 15.3 Å². The van der Waals surface area contributed by atoms with Gasteiger partial charge in [0.25, 0.3) is 11.5 Å². The van der Waals surface area contributed by atoms with Gasteiger partial charge in [-0.3, -0.25) is 14.2 Å². The van der Waals surface area contributed by atoms with Gasteiger partial charge in [0.05, 0.1) is 17.9 Å². The van der Waals surface area contributed by atoms with Crippen molar-refractivity contribution in [3.05, 3.63) is 73.8 Å². The number of fused-ring (bicyclic) bond motifs is 1. The van der Waals surface area contributed by atoms with Gasteiger partial charge in [-0.25, -0.2) is 10.4 Å². The molecule has 4 rings (SSSR count). The zero-order valence-electron chi connectivity index (χ0n) is 15.9. The van der Waals surface area contributed by atoms with Crippen molar-refractivity contribution in [1.29, 1.82) is 0 Å². The summed E-state index contributed by atoms with van der Waals surface area (Å²) in [5.41, 5.74) is 5.19. The summed E-state index contributed by atoms with van der Waals surface area (Å²) < 4.78 is 1.32. The summed E-state index contributed by atoms with van der Waals surface area (Å²) in [7, 11) is 0. The van der Waals surface area contributed by atoms with E-state index in [1.165, 1.54) is 22.2 Å². The van der Waals surface area contributed by atoms with Crippen LogP contribution in [0.25, 0.3) is 21.3 Å². The molecule has 29 heavy (non-hydrogen) atoms. The second-order valence-electron chi connectivity index (χ2n) is 6.52. The van der Waals surface area contributed by atoms with Crippen molar-refractivity contribution < 1.29 is 4.79 Å². The molecule has 1 N–H and O–H groups in total. The molecule has 8 heteroatoms. The standard InChI is InChI=1S/C21H18N4O2S2/c1-13-8-9-28-16(13)10-23-24-17(26)11-25-12-22-20-19(21(25)27)18(14(2)29-20)15-6-4-3-5-7-15/h3-10,12H,11H2,1-2H3,(H,24,26). The first-order valence-electron chi connectivity index (χ1n) is 8.94. The number of nitrogens with zero attached hydrogens (tertiary/aromatic N) is 3. The zero-order chi connectivity index (χ0) is 20.4. The van der Waals surface area contributed by atoms with Crippen LogP contribution in [0.2, 0.25) is 0 Å². The van der Waals surface area contributed by atoms with Gasteiger partial charge in [-0.05, 0) is 36.4 Å². The molecule has 6 nitrogen and oxygen atoms in total. The van der Waals surface area contributed by atoms with Gasteiger partial charge < -0.3 is 0 Å². The van der Waals surface area contributed by atoms with E-state index in [0.29, 0.717) is 10.2 Å². The van der Waals surface area contributed by atoms with Crippen molar-refractivity contribution in [2.45, 2.75) is 20.4 Å².